The minimum Gasteiger partial charge on any atom is -0.390 e. The highest BCUT2D eigenvalue weighted by Crippen LogP contribution is 2.43. The van der Waals surface area contributed by atoms with Crippen LogP contribution in [-0.4, -0.2) is 10.7 Å². The highest BCUT2D eigenvalue weighted by molar-refractivity contribution is 5.08. The van der Waals surface area contributed by atoms with Crippen LogP contribution >= 0.6 is 0 Å². The quantitative estimate of drug-likeness (QED) is 0.548. The topological polar surface area (TPSA) is 20.2 Å². The van der Waals surface area contributed by atoms with Crippen molar-refractivity contribution in [3.63, 3.8) is 0 Å². The number of hydrogen-bond donors (Lipinski definition) is 1. The Hall–Kier alpha value is -0.300. The summed E-state index contributed by atoms with van der Waals surface area (Å²) in [5, 5.41) is 10.3. The molecule has 0 unspecified atom stereocenters. The van der Waals surface area contributed by atoms with Gasteiger partial charge in [-0.15, -0.1) is 0 Å². The number of rotatable bonds is 0. The molecular formula is C11H18O. The molecular weight excluding hydrogens is 148 g/mol. The minimum atomic E-state index is -0.297. The van der Waals surface area contributed by atoms with Crippen molar-refractivity contribution in [1.82, 2.24) is 0 Å². The monoisotopic (exact) mass is 166 g/mol. The fourth-order valence-corrected chi connectivity index (χ4v) is 2.65. The third kappa shape index (κ3) is 1.31. The number of fused-ring (bicyclic) bond motifs is 1. The maximum absolute atomic E-state index is 10.3. The molecule has 68 valence electrons. The van der Waals surface area contributed by atoms with E-state index < -0.39 is 0 Å². The van der Waals surface area contributed by atoms with Crippen molar-refractivity contribution in [2.45, 2.75) is 51.0 Å². The van der Waals surface area contributed by atoms with Crippen molar-refractivity contribution in [2.24, 2.45) is 5.92 Å². The average Bonchev–Trinajstić information content (AvgIpc) is 2.35. The summed E-state index contributed by atoms with van der Waals surface area (Å²) in [6, 6.07) is 0. The number of hydrogen-bond acceptors (Lipinski definition) is 1. The first-order chi connectivity index (χ1) is 5.71. The van der Waals surface area contributed by atoms with Gasteiger partial charge in [0.2, 0.25) is 0 Å². The predicted octanol–water partition coefficient (Wildman–Crippen LogP) is 2.65. The van der Waals surface area contributed by atoms with Gasteiger partial charge >= 0.3 is 0 Å². The van der Waals surface area contributed by atoms with E-state index in [4.69, 9.17) is 0 Å². The molecule has 0 radical (unpaired) electrons. The van der Waals surface area contributed by atoms with Crippen molar-refractivity contribution < 1.29 is 5.11 Å². The Labute approximate surface area is 74.5 Å². The van der Waals surface area contributed by atoms with E-state index in [0.29, 0.717) is 5.92 Å². The van der Waals surface area contributed by atoms with Crippen LogP contribution in [0.5, 0.6) is 0 Å². The van der Waals surface area contributed by atoms with E-state index in [1.54, 1.807) is 0 Å². The van der Waals surface area contributed by atoms with Crippen LogP contribution in [0.3, 0.4) is 0 Å². The second-order valence-electron chi connectivity index (χ2n) is 4.48. The van der Waals surface area contributed by atoms with Gasteiger partial charge in [-0.25, -0.2) is 0 Å². The Balaban J connectivity index is 2.15. The molecule has 0 heterocycles. The summed E-state index contributed by atoms with van der Waals surface area (Å²) in [6.07, 6.45) is 9.05. The normalized spacial score (nSPS) is 41.8. The molecule has 2 atom stereocenters. The van der Waals surface area contributed by atoms with Gasteiger partial charge in [0.25, 0.3) is 0 Å². The van der Waals surface area contributed by atoms with Crippen molar-refractivity contribution in [2.75, 3.05) is 0 Å². The van der Waals surface area contributed by atoms with Crippen molar-refractivity contribution in [1.29, 1.82) is 0 Å². The van der Waals surface area contributed by atoms with Crippen molar-refractivity contribution in [3.8, 4) is 0 Å². The van der Waals surface area contributed by atoms with E-state index in [-0.39, 0.29) is 5.60 Å². The zero-order valence-corrected chi connectivity index (χ0v) is 7.84. The van der Waals surface area contributed by atoms with Crippen LogP contribution in [0.1, 0.15) is 45.4 Å². The van der Waals surface area contributed by atoms with Crippen LogP contribution in [-0.2, 0) is 0 Å². The summed E-state index contributed by atoms with van der Waals surface area (Å²) in [6.45, 7) is 2.18. The van der Waals surface area contributed by atoms with Gasteiger partial charge in [0.15, 0.2) is 0 Å². The summed E-state index contributed by atoms with van der Waals surface area (Å²) >= 11 is 0. The number of aliphatic hydroxyl groups is 1. The van der Waals surface area contributed by atoms with Crippen LogP contribution in [0, 0.1) is 5.92 Å². The Kier molecular flexibility index (Phi) is 1.99. The minimum absolute atomic E-state index is 0.297. The van der Waals surface area contributed by atoms with Crippen molar-refractivity contribution >= 4 is 0 Å². The molecule has 2 aliphatic rings. The molecule has 2 rings (SSSR count). The van der Waals surface area contributed by atoms with Gasteiger partial charge in [-0.3, -0.25) is 0 Å². The van der Waals surface area contributed by atoms with E-state index in [1.807, 2.05) is 0 Å². The zero-order chi connectivity index (χ0) is 8.60. The average molecular weight is 166 g/mol. The fraction of sp³-hybridized carbons (Fsp3) is 0.818. The molecule has 0 aromatic heterocycles. The summed E-state index contributed by atoms with van der Waals surface area (Å²) in [5.41, 5.74) is 1.17. The largest absolute Gasteiger partial charge is 0.390 e. The van der Waals surface area contributed by atoms with E-state index in [0.717, 1.165) is 25.7 Å². The van der Waals surface area contributed by atoms with E-state index in [2.05, 4.69) is 13.0 Å². The van der Waals surface area contributed by atoms with Gasteiger partial charge in [-0.05, 0) is 44.9 Å². The summed E-state index contributed by atoms with van der Waals surface area (Å²) in [4.78, 5) is 0. The Morgan fingerprint density at radius 3 is 3.17 bits per heavy atom. The molecule has 0 aliphatic heterocycles. The molecule has 0 spiro atoms. The van der Waals surface area contributed by atoms with Crippen LogP contribution in [0.2, 0.25) is 0 Å². The first-order valence-corrected chi connectivity index (χ1v) is 5.09. The molecule has 1 fully saturated rings. The maximum Gasteiger partial charge on any atom is 0.0681 e. The van der Waals surface area contributed by atoms with Gasteiger partial charge in [0.1, 0.15) is 0 Å². The van der Waals surface area contributed by atoms with Gasteiger partial charge in [0, 0.05) is 0 Å². The molecule has 0 aromatic rings. The highest BCUT2D eigenvalue weighted by atomic mass is 16.3. The fourth-order valence-electron chi connectivity index (χ4n) is 2.65. The van der Waals surface area contributed by atoms with Gasteiger partial charge < -0.3 is 5.11 Å². The lowest BCUT2D eigenvalue weighted by atomic mass is 9.86. The number of allylic oxidation sites excluding steroid dienone is 2. The smallest absolute Gasteiger partial charge is 0.0681 e. The predicted molar refractivity (Wildman–Crippen MR) is 49.9 cm³/mol. The molecule has 0 bridgehead atoms. The maximum atomic E-state index is 10.3. The second kappa shape index (κ2) is 2.88. The van der Waals surface area contributed by atoms with Crippen LogP contribution < -0.4 is 0 Å². The Morgan fingerprint density at radius 2 is 2.33 bits per heavy atom. The molecule has 1 N–H and O–H groups in total. The lowest BCUT2D eigenvalue weighted by Crippen LogP contribution is -2.31. The SMILES string of the molecule is CC1=CC[C@@H]2CCC[C@@]2(O)CC1. The van der Waals surface area contributed by atoms with Gasteiger partial charge in [0.05, 0.1) is 5.60 Å². The molecule has 1 saturated carbocycles. The lowest BCUT2D eigenvalue weighted by Gasteiger charge is -2.27. The van der Waals surface area contributed by atoms with Crippen LogP contribution in [0.25, 0.3) is 0 Å². The Bertz CT molecular complexity index is 207. The molecule has 0 amide bonds. The second-order valence-corrected chi connectivity index (χ2v) is 4.48. The van der Waals surface area contributed by atoms with Gasteiger partial charge in [-0.1, -0.05) is 18.1 Å². The Morgan fingerprint density at radius 1 is 1.50 bits per heavy atom. The summed E-state index contributed by atoms with van der Waals surface area (Å²) in [7, 11) is 0. The molecule has 12 heavy (non-hydrogen) atoms. The van der Waals surface area contributed by atoms with Crippen LogP contribution in [0.4, 0.5) is 0 Å². The van der Waals surface area contributed by atoms with E-state index in [9.17, 15) is 5.11 Å². The summed E-state index contributed by atoms with van der Waals surface area (Å²) in [5.74, 6) is 0.565. The standard InChI is InChI=1S/C11H18O/c1-9-4-5-10-3-2-7-11(10,12)8-6-9/h4,10,12H,2-3,5-8H2,1H3/t10-,11+/m0/s1. The molecule has 2 aliphatic carbocycles. The highest BCUT2D eigenvalue weighted by Gasteiger charge is 2.40. The van der Waals surface area contributed by atoms with E-state index in [1.165, 1.54) is 18.4 Å². The third-order valence-corrected chi connectivity index (χ3v) is 3.63. The first kappa shape index (κ1) is 8.31. The van der Waals surface area contributed by atoms with Crippen LogP contribution in [0.15, 0.2) is 11.6 Å². The molecule has 0 aromatic carbocycles. The molecule has 1 nitrogen and oxygen atoms in total. The van der Waals surface area contributed by atoms with Crippen molar-refractivity contribution in [3.05, 3.63) is 11.6 Å². The summed E-state index contributed by atoms with van der Waals surface area (Å²) < 4.78 is 0. The van der Waals surface area contributed by atoms with E-state index >= 15 is 0 Å². The van der Waals surface area contributed by atoms with Gasteiger partial charge in [-0.2, -0.15) is 0 Å². The third-order valence-electron chi connectivity index (χ3n) is 3.63. The molecule has 0 saturated heterocycles. The first-order valence-electron chi connectivity index (χ1n) is 5.09. The molecule has 1 heteroatoms. The zero-order valence-electron chi connectivity index (χ0n) is 7.84. The lowest BCUT2D eigenvalue weighted by molar-refractivity contribution is -0.00188.